The zero-order chi connectivity index (χ0) is 11.4. The zero-order valence-electron chi connectivity index (χ0n) is 8.35. The van der Waals surface area contributed by atoms with E-state index in [9.17, 15) is 0 Å². The molecule has 1 aromatic carbocycles. The van der Waals surface area contributed by atoms with E-state index in [1.807, 2.05) is 12.1 Å². The molecule has 0 spiro atoms. The van der Waals surface area contributed by atoms with Crippen molar-refractivity contribution in [3.8, 4) is 5.75 Å². The van der Waals surface area contributed by atoms with E-state index in [2.05, 4.69) is 14.1 Å². The van der Waals surface area contributed by atoms with Crippen LogP contribution in [0.4, 0.5) is 5.82 Å². The molecule has 0 unspecified atom stereocenters. The van der Waals surface area contributed by atoms with Gasteiger partial charge in [0.15, 0.2) is 11.0 Å². The smallest absolute Gasteiger partial charge is 0.186 e. The average molecular weight is 256 g/mol. The van der Waals surface area contributed by atoms with Gasteiger partial charge in [-0.3, -0.25) is 0 Å². The molecule has 84 valence electrons. The Morgan fingerprint density at radius 1 is 1.25 bits per heavy atom. The summed E-state index contributed by atoms with van der Waals surface area (Å²) in [7, 11) is 0. The standard InChI is InChI=1S/C10H10ClN3OS/c11-9-10(14-16-13-9)12-6-5-7-1-3-8(15)4-2-7/h1-4,15H,5-6H2,(H,12,14). The Bertz CT molecular complexity index is 457. The lowest BCUT2D eigenvalue weighted by molar-refractivity contribution is 0.475. The molecule has 0 radical (unpaired) electrons. The molecule has 2 rings (SSSR count). The normalized spacial score (nSPS) is 10.3. The predicted molar refractivity (Wildman–Crippen MR) is 65.2 cm³/mol. The third kappa shape index (κ3) is 2.84. The number of phenolic OH excluding ortho intramolecular Hbond substituents is 1. The number of benzene rings is 1. The number of aromatic hydroxyl groups is 1. The minimum atomic E-state index is 0.281. The highest BCUT2D eigenvalue weighted by Crippen LogP contribution is 2.17. The maximum absolute atomic E-state index is 9.12. The number of rotatable bonds is 4. The Morgan fingerprint density at radius 2 is 2.00 bits per heavy atom. The Morgan fingerprint density at radius 3 is 2.62 bits per heavy atom. The molecule has 6 heteroatoms. The van der Waals surface area contributed by atoms with Gasteiger partial charge >= 0.3 is 0 Å². The van der Waals surface area contributed by atoms with Crippen LogP contribution in [0.3, 0.4) is 0 Å². The van der Waals surface area contributed by atoms with Gasteiger partial charge in [-0.1, -0.05) is 23.7 Å². The summed E-state index contributed by atoms with van der Waals surface area (Å²) in [4.78, 5) is 0. The highest BCUT2D eigenvalue weighted by Gasteiger charge is 2.03. The molecule has 1 aromatic heterocycles. The van der Waals surface area contributed by atoms with E-state index in [4.69, 9.17) is 16.7 Å². The summed E-state index contributed by atoms with van der Waals surface area (Å²) in [5.74, 6) is 0.911. The van der Waals surface area contributed by atoms with Crippen LogP contribution in [-0.2, 0) is 6.42 Å². The fourth-order valence-electron chi connectivity index (χ4n) is 1.27. The second-order valence-corrected chi connectivity index (χ2v) is 4.13. The SMILES string of the molecule is Oc1ccc(CCNc2nsnc2Cl)cc1. The van der Waals surface area contributed by atoms with Crippen molar-refractivity contribution in [1.82, 2.24) is 8.75 Å². The van der Waals surface area contributed by atoms with Crippen molar-refractivity contribution in [1.29, 1.82) is 0 Å². The van der Waals surface area contributed by atoms with Gasteiger partial charge in [-0.25, -0.2) is 0 Å². The van der Waals surface area contributed by atoms with E-state index in [-0.39, 0.29) is 5.75 Å². The van der Waals surface area contributed by atoms with E-state index in [1.165, 1.54) is 0 Å². The molecule has 1 heterocycles. The molecule has 16 heavy (non-hydrogen) atoms. The maximum atomic E-state index is 9.12. The highest BCUT2D eigenvalue weighted by molar-refractivity contribution is 6.99. The zero-order valence-corrected chi connectivity index (χ0v) is 9.92. The van der Waals surface area contributed by atoms with Gasteiger partial charge in [0.25, 0.3) is 0 Å². The number of phenols is 1. The number of hydrogen-bond acceptors (Lipinski definition) is 5. The van der Waals surface area contributed by atoms with Crippen molar-refractivity contribution in [2.24, 2.45) is 0 Å². The van der Waals surface area contributed by atoms with Gasteiger partial charge in [0.2, 0.25) is 0 Å². The fourth-order valence-corrected chi connectivity index (χ4v) is 1.95. The lowest BCUT2D eigenvalue weighted by Gasteiger charge is -2.03. The summed E-state index contributed by atoms with van der Waals surface area (Å²) in [6.45, 7) is 0.732. The molecular formula is C10H10ClN3OS. The van der Waals surface area contributed by atoms with Crippen LogP contribution in [0.2, 0.25) is 5.15 Å². The van der Waals surface area contributed by atoms with Crippen LogP contribution in [-0.4, -0.2) is 20.4 Å². The first-order valence-corrected chi connectivity index (χ1v) is 5.86. The number of nitrogens with zero attached hydrogens (tertiary/aromatic N) is 2. The van der Waals surface area contributed by atoms with Crippen LogP contribution in [0.15, 0.2) is 24.3 Å². The van der Waals surface area contributed by atoms with E-state index >= 15 is 0 Å². The lowest BCUT2D eigenvalue weighted by atomic mass is 10.1. The molecule has 0 fully saturated rings. The van der Waals surface area contributed by atoms with Crippen molar-refractivity contribution < 1.29 is 5.11 Å². The van der Waals surface area contributed by atoms with Crippen LogP contribution in [0, 0.1) is 0 Å². The van der Waals surface area contributed by atoms with Gasteiger partial charge in [0.05, 0.1) is 11.7 Å². The van der Waals surface area contributed by atoms with E-state index in [0.29, 0.717) is 11.0 Å². The maximum Gasteiger partial charge on any atom is 0.186 e. The molecule has 2 N–H and O–H groups in total. The molecular weight excluding hydrogens is 246 g/mol. The van der Waals surface area contributed by atoms with Crippen LogP contribution >= 0.6 is 23.3 Å². The number of anilines is 1. The lowest BCUT2D eigenvalue weighted by Crippen LogP contribution is -2.05. The summed E-state index contributed by atoms with van der Waals surface area (Å²) in [5, 5.41) is 12.6. The van der Waals surface area contributed by atoms with Crippen molar-refractivity contribution >= 4 is 29.1 Å². The quantitative estimate of drug-likeness (QED) is 0.882. The first-order valence-electron chi connectivity index (χ1n) is 4.75. The molecule has 0 bridgehead atoms. The molecule has 0 aliphatic carbocycles. The molecule has 0 aliphatic rings. The first-order chi connectivity index (χ1) is 7.75. The Balaban J connectivity index is 1.84. The molecule has 0 saturated heterocycles. The van der Waals surface area contributed by atoms with Crippen LogP contribution < -0.4 is 5.32 Å². The Labute approximate surface area is 102 Å². The molecule has 4 nitrogen and oxygen atoms in total. The number of halogens is 1. The second-order valence-electron chi connectivity index (χ2n) is 3.25. The van der Waals surface area contributed by atoms with E-state index in [0.717, 1.165) is 30.3 Å². The van der Waals surface area contributed by atoms with Crippen molar-refractivity contribution in [3.05, 3.63) is 35.0 Å². The van der Waals surface area contributed by atoms with Crippen LogP contribution in [0.1, 0.15) is 5.56 Å². The second kappa shape index (κ2) is 5.14. The minimum absolute atomic E-state index is 0.281. The predicted octanol–water partition coefficient (Wildman–Crippen LogP) is 2.55. The van der Waals surface area contributed by atoms with Gasteiger partial charge in [0, 0.05) is 6.54 Å². The van der Waals surface area contributed by atoms with Gasteiger partial charge in [-0.05, 0) is 24.1 Å². The molecule has 2 aromatic rings. The van der Waals surface area contributed by atoms with Crippen LogP contribution in [0.25, 0.3) is 0 Å². The van der Waals surface area contributed by atoms with Gasteiger partial charge in [-0.2, -0.15) is 8.75 Å². The number of nitrogens with one attached hydrogen (secondary N) is 1. The van der Waals surface area contributed by atoms with Gasteiger partial charge < -0.3 is 10.4 Å². The summed E-state index contributed by atoms with van der Waals surface area (Å²) in [6.07, 6.45) is 0.841. The monoisotopic (exact) mass is 255 g/mol. The van der Waals surface area contributed by atoms with Crippen molar-refractivity contribution in [2.75, 3.05) is 11.9 Å². The summed E-state index contributed by atoms with van der Waals surface area (Å²) in [6, 6.07) is 7.12. The third-order valence-electron chi connectivity index (χ3n) is 2.09. The molecule has 0 aliphatic heterocycles. The highest BCUT2D eigenvalue weighted by atomic mass is 35.5. The summed E-state index contributed by atoms with van der Waals surface area (Å²) >= 11 is 6.87. The average Bonchev–Trinajstić information content (AvgIpc) is 2.68. The Kier molecular flexibility index (Phi) is 3.58. The largest absolute Gasteiger partial charge is 0.508 e. The van der Waals surface area contributed by atoms with E-state index in [1.54, 1.807) is 12.1 Å². The first kappa shape index (κ1) is 11.2. The molecule has 0 saturated carbocycles. The van der Waals surface area contributed by atoms with Crippen molar-refractivity contribution in [3.63, 3.8) is 0 Å². The molecule has 0 atom stereocenters. The van der Waals surface area contributed by atoms with Crippen LogP contribution in [0.5, 0.6) is 5.75 Å². The summed E-state index contributed by atoms with van der Waals surface area (Å²) in [5.41, 5.74) is 1.14. The third-order valence-corrected chi connectivity index (χ3v) is 2.98. The van der Waals surface area contributed by atoms with Gasteiger partial charge in [-0.15, -0.1) is 0 Å². The molecule has 0 amide bonds. The van der Waals surface area contributed by atoms with E-state index < -0.39 is 0 Å². The summed E-state index contributed by atoms with van der Waals surface area (Å²) < 4.78 is 7.86. The number of hydrogen-bond donors (Lipinski definition) is 2. The minimum Gasteiger partial charge on any atom is -0.508 e. The number of aromatic nitrogens is 2. The fraction of sp³-hybridized carbons (Fsp3) is 0.200. The Hall–Kier alpha value is -1.33. The van der Waals surface area contributed by atoms with Crippen molar-refractivity contribution in [2.45, 2.75) is 6.42 Å². The van der Waals surface area contributed by atoms with Gasteiger partial charge in [0.1, 0.15) is 5.75 Å². The topological polar surface area (TPSA) is 58.0 Å².